The van der Waals surface area contributed by atoms with Crippen LogP contribution >= 0.6 is 0 Å². The van der Waals surface area contributed by atoms with Gasteiger partial charge in [0.15, 0.2) is 0 Å². The summed E-state index contributed by atoms with van der Waals surface area (Å²) in [6.45, 7) is 0.796. The maximum Gasteiger partial charge on any atom is 0.415 e. The van der Waals surface area contributed by atoms with Crippen LogP contribution in [0.3, 0.4) is 0 Å². The summed E-state index contributed by atoms with van der Waals surface area (Å²) in [6.07, 6.45) is 2.86. The molecular weight excluding hydrogens is 339 g/mol. The average Bonchev–Trinajstić information content (AvgIpc) is 3.26. The number of pyridine rings is 1. The molecule has 0 spiro atoms. The number of benzene rings is 1. The van der Waals surface area contributed by atoms with Crippen LogP contribution in [0, 0.1) is 5.82 Å². The highest BCUT2D eigenvalue weighted by Crippen LogP contribution is 2.23. The van der Waals surface area contributed by atoms with E-state index in [1.54, 1.807) is 36.4 Å². The lowest BCUT2D eigenvalue weighted by Gasteiger charge is -2.10. The normalized spacial score (nSPS) is 14.4. The van der Waals surface area contributed by atoms with Crippen LogP contribution in [-0.2, 0) is 4.74 Å². The molecule has 3 heterocycles. The largest absolute Gasteiger partial charge is 0.497 e. The molecule has 2 aromatic heterocycles. The number of aromatic amines is 1. The van der Waals surface area contributed by atoms with Crippen molar-refractivity contribution in [3.63, 3.8) is 0 Å². The van der Waals surface area contributed by atoms with Crippen molar-refractivity contribution in [2.75, 3.05) is 25.2 Å². The number of anilines is 1. The van der Waals surface area contributed by atoms with Gasteiger partial charge in [0.1, 0.15) is 35.2 Å². The van der Waals surface area contributed by atoms with Crippen LogP contribution in [-0.4, -0.2) is 41.5 Å². The molecule has 26 heavy (non-hydrogen) atoms. The minimum absolute atomic E-state index is 0.341. The highest BCUT2D eigenvalue weighted by Gasteiger charge is 2.25. The zero-order valence-corrected chi connectivity index (χ0v) is 13.9. The lowest BCUT2D eigenvalue weighted by Crippen LogP contribution is -2.24. The fourth-order valence-corrected chi connectivity index (χ4v) is 2.71. The van der Waals surface area contributed by atoms with Crippen molar-refractivity contribution >= 4 is 35.1 Å². The number of halogens is 1. The van der Waals surface area contributed by atoms with Crippen LogP contribution in [0.2, 0.25) is 0 Å². The van der Waals surface area contributed by atoms with E-state index in [1.165, 1.54) is 18.1 Å². The van der Waals surface area contributed by atoms with E-state index in [2.05, 4.69) is 15.2 Å². The lowest BCUT2D eigenvalue weighted by atomic mass is 10.1. The van der Waals surface area contributed by atoms with Crippen LogP contribution in [0.4, 0.5) is 15.0 Å². The van der Waals surface area contributed by atoms with Gasteiger partial charge >= 0.3 is 6.09 Å². The monoisotopic (exact) mass is 354 g/mol. The highest BCUT2D eigenvalue weighted by atomic mass is 19.1. The van der Waals surface area contributed by atoms with E-state index in [9.17, 15) is 9.18 Å². The summed E-state index contributed by atoms with van der Waals surface area (Å²) >= 11 is 0. The molecule has 0 radical (unpaired) electrons. The molecule has 0 saturated carbocycles. The first kappa shape index (κ1) is 16.1. The Morgan fingerprint density at radius 2 is 2.19 bits per heavy atom. The molecule has 7 nitrogen and oxygen atoms in total. The number of nitrogens with one attached hydrogen (secondary N) is 1. The van der Waals surface area contributed by atoms with Gasteiger partial charge in [-0.15, -0.1) is 0 Å². The smallest absolute Gasteiger partial charge is 0.415 e. The predicted octanol–water partition coefficient (Wildman–Crippen LogP) is 3.23. The molecule has 1 amide bonds. The second-order valence-corrected chi connectivity index (χ2v) is 5.66. The van der Waals surface area contributed by atoms with Crippen LogP contribution in [0.15, 0.2) is 30.3 Å². The van der Waals surface area contributed by atoms with E-state index in [1.807, 2.05) is 0 Å². The number of hydrogen-bond acceptors (Lipinski definition) is 5. The van der Waals surface area contributed by atoms with Gasteiger partial charge in [-0.1, -0.05) is 0 Å². The topological polar surface area (TPSA) is 80.3 Å². The summed E-state index contributed by atoms with van der Waals surface area (Å²) in [7, 11) is 1.49. The van der Waals surface area contributed by atoms with E-state index in [0.29, 0.717) is 41.5 Å². The number of carbonyl (C=O) groups excluding carboxylic acids is 1. The van der Waals surface area contributed by atoms with Gasteiger partial charge in [-0.25, -0.2) is 14.2 Å². The molecule has 1 aromatic carbocycles. The summed E-state index contributed by atoms with van der Waals surface area (Å²) in [5, 5.41) is 7.08. The minimum atomic E-state index is -0.419. The molecule has 0 aliphatic carbocycles. The molecule has 1 fully saturated rings. The molecule has 0 atom stereocenters. The number of nitrogens with zero attached hydrogens (tertiary/aromatic N) is 3. The first-order valence-electron chi connectivity index (χ1n) is 7.97. The molecule has 0 unspecified atom stereocenters. The number of carbonyl (C=O) groups is 1. The maximum absolute atomic E-state index is 14.1. The predicted molar refractivity (Wildman–Crippen MR) is 94.5 cm³/mol. The van der Waals surface area contributed by atoms with E-state index in [4.69, 9.17) is 9.47 Å². The Morgan fingerprint density at radius 3 is 2.92 bits per heavy atom. The lowest BCUT2D eigenvalue weighted by molar-refractivity contribution is 0.181. The molecule has 0 bridgehead atoms. The zero-order valence-electron chi connectivity index (χ0n) is 13.9. The van der Waals surface area contributed by atoms with Crippen molar-refractivity contribution < 1.29 is 18.7 Å². The number of H-pyrrole nitrogens is 1. The zero-order chi connectivity index (χ0) is 18.1. The molecule has 1 saturated heterocycles. The van der Waals surface area contributed by atoms with Crippen molar-refractivity contribution in [2.24, 2.45) is 0 Å². The number of fused-ring (bicyclic) bond motifs is 1. The second-order valence-electron chi connectivity index (χ2n) is 5.66. The van der Waals surface area contributed by atoms with Gasteiger partial charge in [-0.3, -0.25) is 10.00 Å². The molecule has 8 heteroatoms. The third-order valence-electron chi connectivity index (χ3n) is 4.09. The molecule has 4 rings (SSSR count). The number of ether oxygens (including phenoxy) is 2. The Morgan fingerprint density at radius 1 is 1.31 bits per heavy atom. The first-order valence-corrected chi connectivity index (χ1v) is 7.97. The SMILES string of the molecule is COc1ccc(/C=C/c2n[nH]c3ccc(N4CCOC4=O)nc23)c(F)c1. The van der Waals surface area contributed by atoms with Crippen molar-refractivity contribution in [1.29, 1.82) is 0 Å². The quantitative estimate of drug-likeness (QED) is 0.778. The number of hydrogen-bond donors (Lipinski definition) is 1. The second kappa shape index (κ2) is 6.47. The molecule has 132 valence electrons. The first-order chi connectivity index (χ1) is 12.7. The number of aromatic nitrogens is 3. The third-order valence-corrected chi connectivity index (χ3v) is 4.09. The third kappa shape index (κ3) is 2.85. The number of amides is 1. The Bertz CT molecular complexity index is 1010. The van der Waals surface area contributed by atoms with Gasteiger partial charge in [0.05, 0.1) is 19.2 Å². The molecular formula is C18H15FN4O3. The molecule has 1 aliphatic heterocycles. The van der Waals surface area contributed by atoms with Crippen molar-refractivity contribution in [1.82, 2.24) is 15.2 Å². The van der Waals surface area contributed by atoms with Crippen LogP contribution < -0.4 is 9.64 Å². The van der Waals surface area contributed by atoms with E-state index < -0.39 is 11.9 Å². The van der Waals surface area contributed by atoms with Crippen LogP contribution in [0.5, 0.6) is 5.75 Å². The molecule has 3 aromatic rings. The Balaban J connectivity index is 1.67. The Hall–Kier alpha value is -3.42. The van der Waals surface area contributed by atoms with E-state index in [0.717, 1.165) is 5.52 Å². The van der Waals surface area contributed by atoms with Crippen molar-refractivity contribution in [2.45, 2.75) is 0 Å². The number of rotatable bonds is 4. The fraction of sp³-hybridized carbons (Fsp3) is 0.167. The van der Waals surface area contributed by atoms with Crippen LogP contribution in [0.25, 0.3) is 23.2 Å². The van der Waals surface area contributed by atoms with Gasteiger partial charge < -0.3 is 9.47 Å². The van der Waals surface area contributed by atoms with Gasteiger partial charge in [-0.05, 0) is 36.4 Å². The Labute approximate surface area is 148 Å². The summed E-state index contributed by atoms with van der Waals surface area (Å²) in [4.78, 5) is 17.7. The van der Waals surface area contributed by atoms with Crippen molar-refractivity contribution in [3.05, 3.63) is 47.4 Å². The van der Waals surface area contributed by atoms with Crippen LogP contribution in [0.1, 0.15) is 11.3 Å². The minimum Gasteiger partial charge on any atom is -0.497 e. The summed E-state index contributed by atoms with van der Waals surface area (Å²) in [6, 6.07) is 8.14. The van der Waals surface area contributed by atoms with Gasteiger partial charge in [0.2, 0.25) is 0 Å². The van der Waals surface area contributed by atoms with Gasteiger partial charge in [-0.2, -0.15) is 5.10 Å². The van der Waals surface area contributed by atoms with Gasteiger partial charge in [0.25, 0.3) is 0 Å². The van der Waals surface area contributed by atoms with Gasteiger partial charge in [0, 0.05) is 11.6 Å². The van der Waals surface area contributed by atoms with Crippen molar-refractivity contribution in [3.8, 4) is 5.75 Å². The Kier molecular flexibility index (Phi) is 4.00. The standard InChI is InChI=1S/C18H15FN4O3/c1-25-12-4-2-11(13(19)10-12)3-5-14-17-15(22-21-14)6-7-16(20-17)23-8-9-26-18(23)24/h2-7,10H,8-9H2,1H3,(H,21,22)/b5-3+. The maximum atomic E-state index is 14.1. The fourth-order valence-electron chi connectivity index (χ4n) is 2.71. The number of cyclic esters (lactones) is 1. The highest BCUT2D eigenvalue weighted by molar-refractivity contribution is 5.92. The average molecular weight is 354 g/mol. The van der Waals surface area contributed by atoms with E-state index in [-0.39, 0.29) is 0 Å². The summed E-state index contributed by atoms with van der Waals surface area (Å²) < 4.78 is 24.0. The molecule has 1 N–H and O–H groups in total. The number of methoxy groups -OCH3 is 1. The summed E-state index contributed by atoms with van der Waals surface area (Å²) in [5.74, 6) is 0.550. The van der Waals surface area contributed by atoms with E-state index >= 15 is 0 Å². The molecule has 1 aliphatic rings. The summed E-state index contributed by atoms with van der Waals surface area (Å²) in [5.41, 5.74) is 2.26.